The van der Waals surface area contributed by atoms with Gasteiger partial charge in [-0.25, -0.2) is 4.98 Å². The predicted octanol–water partition coefficient (Wildman–Crippen LogP) is 2.12. The third-order valence-electron chi connectivity index (χ3n) is 3.27. The average molecular weight is 240 g/mol. The lowest BCUT2D eigenvalue weighted by Gasteiger charge is -2.22. The summed E-state index contributed by atoms with van der Waals surface area (Å²) >= 11 is 5.84. The Morgan fingerprint density at radius 1 is 1.38 bits per heavy atom. The van der Waals surface area contributed by atoms with E-state index in [0.29, 0.717) is 17.0 Å². The molecule has 0 aromatic carbocycles. The highest BCUT2D eigenvalue weighted by molar-refractivity contribution is 6.30. The van der Waals surface area contributed by atoms with Crippen LogP contribution in [0.3, 0.4) is 0 Å². The molecule has 0 saturated carbocycles. The van der Waals surface area contributed by atoms with Crippen molar-refractivity contribution in [1.82, 2.24) is 9.88 Å². The monoisotopic (exact) mass is 239 g/mol. The molecule has 0 spiro atoms. The second-order valence-electron chi connectivity index (χ2n) is 4.75. The van der Waals surface area contributed by atoms with Crippen LogP contribution >= 0.6 is 11.6 Å². The maximum Gasteiger partial charge on any atom is 0.128 e. The molecule has 1 aromatic rings. The summed E-state index contributed by atoms with van der Waals surface area (Å²) in [4.78, 5) is 8.98. The van der Waals surface area contributed by atoms with Crippen LogP contribution in [0, 0.1) is 5.92 Å². The molecule has 0 amide bonds. The Hall–Kier alpha value is -0.800. The standard InChI is InChI=1S/C12H18ClN3/c1-9-7-16(8-11(9)15(2)3)12-5-4-10(13)6-14-12/h4-6,9,11H,7-8H2,1-3H3. The van der Waals surface area contributed by atoms with E-state index < -0.39 is 0 Å². The number of likely N-dealkylation sites (N-methyl/N-ethyl adjacent to an activating group) is 1. The summed E-state index contributed by atoms with van der Waals surface area (Å²) in [6.45, 7) is 4.40. The van der Waals surface area contributed by atoms with E-state index in [9.17, 15) is 0 Å². The Morgan fingerprint density at radius 3 is 2.62 bits per heavy atom. The zero-order valence-electron chi connectivity index (χ0n) is 10.0. The van der Waals surface area contributed by atoms with Crippen molar-refractivity contribution in [2.24, 2.45) is 5.92 Å². The van der Waals surface area contributed by atoms with Crippen LogP contribution in [0.15, 0.2) is 18.3 Å². The lowest BCUT2D eigenvalue weighted by atomic mass is 10.1. The first-order chi connectivity index (χ1) is 7.58. The molecule has 2 unspecified atom stereocenters. The molecule has 1 aromatic heterocycles. The zero-order valence-corrected chi connectivity index (χ0v) is 10.8. The van der Waals surface area contributed by atoms with E-state index >= 15 is 0 Å². The van der Waals surface area contributed by atoms with Crippen molar-refractivity contribution < 1.29 is 0 Å². The second-order valence-corrected chi connectivity index (χ2v) is 5.18. The molecule has 1 aliphatic rings. The lowest BCUT2D eigenvalue weighted by Crippen LogP contribution is -2.34. The fourth-order valence-corrected chi connectivity index (χ4v) is 2.48. The minimum Gasteiger partial charge on any atom is -0.355 e. The molecule has 88 valence electrons. The molecule has 2 atom stereocenters. The SMILES string of the molecule is CC1CN(c2ccc(Cl)cn2)CC1N(C)C. The van der Waals surface area contributed by atoms with Crippen LogP contribution in [-0.2, 0) is 0 Å². The highest BCUT2D eigenvalue weighted by Gasteiger charge is 2.31. The molecule has 0 radical (unpaired) electrons. The number of aromatic nitrogens is 1. The minimum atomic E-state index is 0.609. The quantitative estimate of drug-likeness (QED) is 0.788. The molecule has 2 rings (SSSR count). The molecule has 2 heterocycles. The number of halogens is 1. The number of pyridine rings is 1. The van der Waals surface area contributed by atoms with Crippen LogP contribution in [0.2, 0.25) is 5.02 Å². The number of hydrogen-bond acceptors (Lipinski definition) is 3. The topological polar surface area (TPSA) is 19.4 Å². The molecule has 1 aliphatic heterocycles. The van der Waals surface area contributed by atoms with E-state index in [1.165, 1.54) is 0 Å². The molecule has 3 nitrogen and oxygen atoms in total. The highest BCUT2D eigenvalue weighted by Crippen LogP contribution is 2.25. The van der Waals surface area contributed by atoms with Gasteiger partial charge in [-0.2, -0.15) is 0 Å². The number of nitrogens with zero attached hydrogens (tertiary/aromatic N) is 3. The van der Waals surface area contributed by atoms with Crippen LogP contribution in [0.5, 0.6) is 0 Å². The van der Waals surface area contributed by atoms with E-state index in [0.717, 1.165) is 18.9 Å². The van der Waals surface area contributed by atoms with Gasteiger partial charge in [0.25, 0.3) is 0 Å². The van der Waals surface area contributed by atoms with E-state index in [1.54, 1.807) is 6.20 Å². The van der Waals surface area contributed by atoms with Crippen molar-refractivity contribution in [3.8, 4) is 0 Å². The van der Waals surface area contributed by atoms with Crippen LogP contribution < -0.4 is 4.90 Å². The van der Waals surface area contributed by atoms with Crippen LogP contribution in [0.1, 0.15) is 6.92 Å². The van der Waals surface area contributed by atoms with Gasteiger partial charge in [-0.15, -0.1) is 0 Å². The third kappa shape index (κ3) is 2.30. The summed E-state index contributed by atoms with van der Waals surface area (Å²) in [6, 6.07) is 4.50. The number of rotatable bonds is 2. The molecule has 4 heteroatoms. The largest absolute Gasteiger partial charge is 0.355 e. The average Bonchev–Trinajstić information content (AvgIpc) is 2.61. The first-order valence-corrected chi connectivity index (χ1v) is 5.98. The van der Waals surface area contributed by atoms with E-state index in [4.69, 9.17) is 11.6 Å². The van der Waals surface area contributed by atoms with Gasteiger partial charge in [0.05, 0.1) is 5.02 Å². The molecule has 0 bridgehead atoms. The molecule has 0 N–H and O–H groups in total. The Labute approximate surface area is 102 Å². The van der Waals surface area contributed by atoms with E-state index in [-0.39, 0.29) is 0 Å². The van der Waals surface area contributed by atoms with Crippen molar-refractivity contribution in [1.29, 1.82) is 0 Å². The van der Waals surface area contributed by atoms with Crippen LogP contribution in [0.25, 0.3) is 0 Å². The normalized spacial score (nSPS) is 25.4. The summed E-state index contributed by atoms with van der Waals surface area (Å²) in [5.74, 6) is 1.70. The van der Waals surface area contributed by atoms with Crippen molar-refractivity contribution in [3.63, 3.8) is 0 Å². The van der Waals surface area contributed by atoms with Crippen LogP contribution in [0.4, 0.5) is 5.82 Å². The maximum absolute atomic E-state index is 5.84. The number of hydrogen-bond donors (Lipinski definition) is 0. The second kappa shape index (κ2) is 4.60. The summed E-state index contributed by atoms with van der Waals surface area (Å²) in [7, 11) is 4.28. The van der Waals surface area contributed by atoms with Gasteiger partial charge in [0.2, 0.25) is 0 Å². The number of anilines is 1. The molecule has 1 saturated heterocycles. The van der Waals surface area contributed by atoms with Crippen molar-refractivity contribution in [2.75, 3.05) is 32.1 Å². The van der Waals surface area contributed by atoms with Gasteiger partial charge in [-0.05, 0) is 32.1 Å². The molecule has 0 aliphatic carbocycles. The fourth-order valence-electron chi connectivity index (χ4n) is 2.36. The van der Waals surface area contributed by atoms with Gasteiger partial charge in [0, 0.05) is 25.3 Å². The van der Waals surface area contributed by atoms with Gasteiger partial charge < -0.3 is 9.80 Å². The Morgan fingerprint density at radius 2 is 2.12 bits per heavy atom. The smallest absolute Gasteiger partial charge is 0.128 e. The maximum atomic E-state index is 5.84. The lowest BCUT2D eigenvalue weighted by molar-refractivity contribution is 0.266. The van der Waals surface area contributed by atoms with E-state index in [2.05, 4.69) is 35.8 Å². The van der Waals surface area contributed by atoms with Crippen molar-refractivity contribution >= 4 is 17.4 Å². The molecule has 16 heavy (non-hydrogen) atoms. The van der Waals surface area contributed by atoms with Gasteiger partial charge >= 0.3 is 0 Å². The van der Waals surface area contributed by atoms with Crippen LogP contribution in [-0.4, -0.2) is 43.1 Å². The Balaban J connectivity index is 2.10. The Bertz CT molecular complexity index is 350. The minimum absolute atomic E-state index is 0.609. The molecule has 1 fully saturated rings. The van der Waals surface area contributed by atoms with E-state index in [1.807, 2.05) is 12.1 Å². The first-order valence-electron chi connectivity index (χ1n) is 5.61. The van der Waals surface area contributed by atoms with Gasteiger partial charge in [0.1, 0.15) is 5.82 Å². The van der Waals surface area contributed by atoms with Gasteiger partial charge in [0.15, 0.2) is 0 Å². The third-order valence-corrected chi connectivity index (χ3v) is 3.50. The summed E-state index contributed by atoms with van der Waals surface area (Å²) < 4.78 is 0. The van der Waals surface area contributed by atoms with Crippen molar-refractivity contribution in [3.05, 3.63) is 23.4 Å². The summed E-state index contributed by atoms with van der Waals surface area (Å²) in [5, 5.41) is 0.695. The molecular formula is C12H18ClN3. The first kappa shape index (κ1) is 11.7. The van der Waals surface area contributed by atoms with Gasteiger partial charge in [-0.3, -0.25) is 0 Å². The van der Waals surface area contributed by atoms with Gasteiger partial charge in [-0.1, -0.05) is 18.5 Å². The zero-order chi connectivity index (χ0) is 11.7. The fraction of sp³-hybridized carbons (Fsp3) is 0.583. The van der Waals surface area contributed by atoms with Crippen molar-refractivity contribution in [2.45, 2.75) is 13.0 Å². The summed E-state index contributed by atoms with van der Waals surface area (Å²) in [5.41, 5.74) is 0. The Kier molecular flexibility index (Phi) is 3.36. The molecular weight excluding hydrogens is 222 g/mol. The predicted molar refractivity (Wildman–Crippen MR) is 68.1 cm³/mol. The highest BCUT2D eigenvalue weighted by atomic mass is 35.5. The summed E-state index contributed by atoms with van der Waals surface area (Å²) in [6.07, 6.45) is 1.71.